The summed E-state index contributed by atoms with van der Waals surface area (Å²) in [7, 11) is 1.66. The Balaban J connectivity index is 0.911. The molecule has 2 aliphatic heterocycles. The van der Waals surface area contributed by atoms with Crippen molar-refractivity contribution in [3.05, 3.63) is 108 Å². The maximum Gasteiger partial charge on any atom is 0.246 e. The second-order valence-corrected chi connectivity index (χ2v) is 14.9. The smallest absolute Gasteiger partial charge is 0.246 e. The average molecular weight is 786 g/mol. The van der Waals surface area contributed by atoms with Crippen LogP contribution in [0.4, 0.5) is 0 Å². The molecule has 6 aromatic rings. The van der Waals surface area contributed by atoms with Crippen LogP contribution in [-0.4, -0.2) is 112 Å². The number of aromatic hydroxyl groups is 2. The molecule has 0 aliphatic carbocycles. The Bertz CT molecular complexity index is 2570. The van der Waals surface area contributed by atoms with Gasteiger partial charge >= 0.3 is 0 Å². The number of carbonyl (C=O) groups excluding carboxylic acids is 3. The van der Waals surface area contributed by atoms with E-state index in [0.29, 0.717) is 70.3 Å². The van der Waals surface area contributed by atoms with Crippen molar-refractivity contribution >= 4 is 51.4 Å². The summed E-state index contributed by atoms with van der Waals surface area (Å²) < 4.78 is 0. The third kappa shape index (κ3) is 7.31. The molecule has 2 aromatic carbocycles. The number of aromatic nitrogens is 6. The number of piperidine rings is 1. The molecule has 4 aromatic heterocycles. The number of carbonyl (C=O) groups is 3. The number of likely N-dealkylation sites (tertiary alicyclic amines) is 2. The van der Waals surface area contributed by atoms with E-state index in [1.165, 1.54) is 22.0 Å². The molecule has 2 saturated heterocycles. The molecule has 14 nitrogen and oxygen atoms in total. The van der Waals surface area contributed by atoms with Gasteiger partial charge in [-0.15, -0.1) is 20.4 Å². The number of fused-ring (bicyclic) bond motifs is 2. The first-order valence-electron chi connectivity index (χ1n) is 18.7. The third-order valence-electron chi connectivity index (χ3n) is 10.9. The Morgan fingerprint density at radius 1 is 0.895 bits per heavy atom. The molecule has 0 spiro atoms. The van der Waals surface area contributed by atoms with Crippen LogP contribution in [0.1, 0.15) is 42.5 Å². The van der Waals surface area contributed by atoms with Crippen LogP contribution in [0.5, 0.6) is 11.5 Å². The van der Waals surface area contributed by atoms with Crippen LogP contribution in [0.3, 0.4) is 0 Å². The van der Waals surface area contributed by atoms with E-state index in [1.54, 1.807) is 60.5 Å². The first-order valence-corrected chi connectivity index (χ1v) is 19.1. The summed E-state index contributed by atoms with van der Waals surface area (Å²) in [6.07, 6.45) is 6.35. The fraction of sp³-hybridized carbons (Fsp3) is 0.262. The minimum absolute atomic E-state index is 0.0528. The highest BCUT2D eigenvalue weighted by molar-refractivity contribution is 6.36. The Hall–Kier alpha value is -6.54. The van der Waals surface area contributed by atoms with Gasteiger partial charge < -0.3 is 34.9 Å². The van der Waals surface area contributed by atoms with Gasteiger partial charge in [-0.1, -0.05) is 48.5 Å². The fourth-order valence-corrected chi connectivity index (χ4v) is 8.25. The van der Waals surface area contributed by atoms with Crippen molar-refractivity contribution in [3.8, 4) is 34.0 Å². The van der Waals surface area contributed by atoms with Crippen molar-refractivity contribution in [2.24, 2.45) is 0 Å². The van der Waals surface area contributed by atoms with Gasteiger partial charge in [0.2, 0.25) is 17.7 Å². The molecule has 2 fully saturated rings. The first kappa shape index (κ1) is 37.4. The van der Waals surface area contributed by atoms with E-state index < -0.39 is 6.04 Å². The lowest BCUT2D eigenvalue weighted by Gasteiger charge is -2.32. The van der Waals surface area contributed by atoms with Gasteiger partial charge in [-0.2, -0.15) is 0 Å². The number of nitrogens with zero attached hydrogens (tertiary/aromatic N) is 7. The SMILES string of the molecule is C=CC(=O)N1C[C@@H](c2cc3cc(-c4ccccc4O)nnc3[nH]2)C[C@H]1C(=O)N(C)C/C=C/C(=O)N1CCCC(c2[nH]c3nnc(-c4ccccc4O)cc3c2Cl)C1. The monoisotopic (exact) mass is 785 g/mol. The standard InChI is InChI=1S/C42H40ClN9O5/c1-3-36(55)52-23-26(30-18-25-19-31(46-48-40(25)44-30)27-11-4-6-13-34(27)53)20-33(52)42(57)50(2)16-9-15-37(56)51-17-8-10-24(22-51)39-38(43)29-21-32(47-49-41(29)45-39)28-12-5-7-14-35(28)54/h3-7,9,11-15,18-19,21,24,26,33,53-54H,1,8,10,16-17,20,22-23H2,2H3,(H,44,48)(H,45,49)/b15-9+/t24?,26-,33-/m0/s1. The van der Waals surface area contributed by atoms with Gasteiger partial charge in [0.15, 0.2) is 11.3 Å². The summed E-state index contributed by atoms with van der Waals surface area (Å²) in [6.45, 7) is 5.16. The zero-order valence-electron chi connectivity index (χ0n) is 31.1. The number of likely N-dealkylation sites (N-methyl/N-ethyl adjacent to an activating group) is 1. The number of phenols is 2. The van der Waals surface area contributed by atoms with Crippen molar-refractivity contribution in [3.63, 3.8) is 0 Å². The van der Waals surface area contributed by atoms with Gasteiger partial charge in [0, 0.05) is 84.4 Å². The van der Waals surface area contributed by atoms with E-state index in [0.717, 1.165) is 29.6 Å². The van der Waals surface area contributed by atoms with E-state index in [9.17, 15) is 24.6 Å². The average Bonchev–Trinajstić information content (AvgIpc) is 3.96. The van der Waals surface area contributed by atoms with Crippen molar-refractivity contribution in [1.82, 2.24) is 45.1 Å². The largest absolute Gasteiger partial charge is 0.507 e. The summed E-state index contributed by atoms with van der Waals surface area (Å²) in [5.74, 6) is -0.798. The number of amides is 3. The van der Waals surface area contributed by atoms with Crippen LogP contribution in [0, 0.1) is 0 Å². The lowest BCUT2D eigenvalue weighted by molar-refractivity contribution is -0.140. The third-order valence-corrected chi connectivity index (χ3v) is 11.3. The molecule has 3 amide bonds. The molecule has 3 atom stereocenters. The molecule has 8 rings (SSSR count). The van der Waals surface area contributed by atoms with Crippen LogP contribution in [0.25, 0.3) is 44.6 Å². The number of rotatable bonds is 9. The molecule has 6 heterocycles. The number of halogens is 1. The van der Waals surface area contributed by atoms with Gasteiger partial charge in [-0.3, -0.25) is 14.4 Å². The number of nitrogens with one attached hydrogen (secondary N) is 2. The molecule has 0 bridgehead atoms. The second-order valence-electron chi connectivity index (χ2n) is 14.5. The van der Waals surface area contributed by atoms with Gasteiger partial charge in [-0.25, -0.2) is 0 Å². The van der Waals surface area contributed by atoms with Crippen molar-refractivity contribution in [2.45, 2.75) is 37.1 Å². The maximum absolute atomic E-state index is 13.8. The van der Waals surface area contributed by atoms with E-state index in [1.807, 2.05) is 24.3 Å². The van der Waals surface area contributed by atoms with Crippen LogP contribution < -0.4 is 0 Å². The van der Waals surface area contributed by atoms with E-state index in [-0.39, 0.29) is 47.6 Å². The highest BCUT2D eigenvalue weighted by atomic mass is 35.5. The van der Waals surface area contributed by atoms with Gasteiger partial charge in [0.05, 0.1) is 16.4 Å². The van der Waals surface area contributed by atoms with E-state index >= 15 is 0 Å². The van der Waals surface area contributed by atoms with Crippen molar-refractivity contribution in [2.75, 3.05) is 33.2 Å². The number of para-hydroxylation sites is 2. The molecule has 1 unspecified atom stereocenters. The lowest BCUT2D eigenvalue weighted by atomic mass is 9.94. The number of aromatic amines is 2. The number of H-pyrrole nitrogens is 2. The van der Waals surface area contributed by atoms with Gasteiger partial charge in [0.25, 0.3) is 0 Å². The molecule has 57 heavy (non-hydrogen) atoms. The summed E-state index contributed by atoms with van der Waals surface area (Å²) in [4.78, 5) is 51.7. The summed E-state index contributed by atoms with van der Waals surface area (Å²) in [6, 6.07) is 18.7. The summed E-state index contributed by atoms with van der Waals surface area (Å²) >= 11 is 6.89. The number of hydrogen-bond acceptors (Lipinski definition) is 9. The van der Waals surface area contributed by atoms with Crippen LogP contribution in [0.15, 0.2) is 91.5 Å². The Kier molecular flexibility index (Phi) is 10.2. The zero-order chi connectivity index (χ0) is 39.8. The quantitative estimate of drug-likeness (QED) is 0.129. The van der Waals surface area contributed by atoms with Crippen LogP contribution in [-0.2, 0) is 14.4 Å². The highest BCUT2D eigenvalue weighted by Crippen LogP contribution is 2.38. The number of benzene rings is 2. The van der Waals surface area contributed by atoms with E-state index in [2.05, 4.69) is 36.9 Å². The molecule has 2 aliphatic rings. The zero-order valence-corrected chi connectivity index (χ0v) is 31.9. The molecule has 290 valence electrons. The normalized spacial score (nSPS) is 18.5. The van der Waals surface area contributed by atoms with E-state index in [4.69, 9.17) is 11.6 Å². The maximum atomic E-state index is 13.8. The topological polar surface area (TPSA) is 185 Å². The Morgan fingerprint density at radius 2 is 1.58 bits per heavy atom. The van der Waals surface area contributed by atoms with Gasteiger partial charge in [-0.05, 0) is 67.8 Å². The highest BCUT2D eigenvalue weighted by Gasteiger charge is 2.41. The number of phenolic OH excluding ortho intramolecular Hbond substituents is 2. The molecule has 0 saturated carbocycles. The molecule has 15 heteroatoms. The van der Waals surface area contributed by atoms with Crippen molar-refractivity contribution in [1.29, 1.82) is 0 Å². The predicted octanol–water partition coefficient (Wildman–Crippen LogP) is 5.92. The lowest BCUT2D eigenvalue weighted by Crippen LogP contribution is -2.46. The fourth-order valence-electron chi connectivity index (χ4n) is 7.91. The number of hydrogen-bond donors (Lipinski definition) is 4. The summed E-state index contributed by atoms with van der Waals surface area (Å²) in [5.41, 5.74) is 4.84. The molecule has 0 radical (unpaired) electrons. The minimum atomic E-state index is -0.730. The summed E-state index contributed by atoms with van der Waals surface area (Å²) in [5, 5.41) is 39.8. The van der Waals surface area contributed by atoms with Crippen LogP contribution >= 0.6 is 11.6 Å². The van der Waals surface area contributed by atoms with Gasteiger partial charge in [0.1, 0.15) is 17.5 Å². The van der Waals surface area contributed by atoms with Crippen LogP contribution in [0.2, 0.25) is 5.02 Å². The minimum Gasteiger partial charge on any atom is -0.507 e. The predicted molar refractivity (Wildman–Crippen MR) is 215 cm³/mol. The Morgan fingerprint density at radius 3 is 2.28 bits per heavy atom. The van der Waals surface area contributed by atoms with Crippen molar-refractivity contribution < 1.29 is 24.6 Å². The second kappa shape index (κ2) is 15.5. The molecule has 4 N–H and O–H groups in total. The molecular formula is C42H40ClN9O5. The Labute approximate surface area is 332 Å². The molecular weight excluding hydrogens is 746 g/mol. The first-order chi connectivity index (χ1) is 27.6.